The fourth-order valence-electron chi connectivity index (χ4n) is 3.69. The third-order valence-electron chi connectivity index (χ3n) is 5.12. The van der Waals surface area contributed by atoms with Gasteiger partial charge in [-0.05, 0) is 32.6 Å². The molecule has 0 spiro atoms. The highest BCUT2D eigenvalue weighted by atomic mass is 16.5. The first-order valence-electron chi connectivity index (χ1n) is 7.78. The van der Waals surface area contributed by atoms with Gasteiger partial charge in [-0.15, -0.1) is 0 Å². The van der Waals surface area contributed by atoms with E-state index < -0.39 is 5.41 Å². The maximum Gasteiger partial charge on any atom is 0.128 e. The Morgan fingerprint density at radius 2 is 1.86 bits per heavy atom. The molecule has 0 saturated heterocycles. The van der Waals surface area contributed by atoms with Gasteiger partial charge in [0.2, 0.25) is 0 Å². The second kappa shape index (κ2) is 6.75. The predicted molar refractivity (Wildman–Crippen MR) is 82.5 cm³/mol. The molecule has 0 unspecified atom stereocenters. The summed E-state index contributed by atoms with van der Waals surface area (Å²) in [4.78, 5) is 4.54. The van der Waals surface area contributed by atoms with Crippen LogP contribution < -0.4 is 4.74 Å². The normalized spacial score (nSPS) is 16.4. The highest BCUT2D eigenvalue weighted by Crippen LogP contribution is 2.42. The van der Waals surface area contributed by atoms with Crippen LogP contribution in [0.4, 0.5) is 0 Å². The highest BCUT2D eigenvalue weighted by molar-refractivity contribution is 5.41. The zero-order chi connectivity index (χ0) is 15.5. The van der Waals surface area contributed by atoms with Crippen molar-refractivity contribution in [3.8, 4) is 5.75 Å². The van der Waals surface area contributed by atoms with Crippen LogP contribution in [0, 0.1) is 25.2 Å². The second-order valence-corrected chi connectivity index (χ2v) is 6.38. The molecule has 21 heavy (non-hydrogen) atoms. The second-order valence-electron chi connectivity index (χ2n) is 6.38. The van der Waals surface area contributed by atoms with E-state index in [-0.39, 0.29) is 13.2 Å². The van der Waals surface area contributed by atoms with Crippen LogP contribution in [0.3, 0.4) is 0 Å². The quantitative estimate of drug-likeness (QED) is 0.845. The van der Waals surface area contributed by atoms with E-state index >= 15 is 0 Å². The molecule has 0 aromatic carbocycles. The first-order chi connectivity index (χ1) is 10.1. The minimum Gasteiger partial charge on any atom is -0.496 e. The summed E-state index contributed by atoms with van der Waals surface area (Å²) in [5.74, 6) is 1.23. The first-order valence-corrected chi connectivity index (χ1v) is 7.78. The average Bonchev–Trinajstić information content (AvgIpc) is 3.02. The topological polar surface area (TPSA) is 62.6 Å². The molecule has 1 heterocycles. The maximum absolute atomic E-state index is 9.95. The van der Waals surface area contributed by atoms with Crippen LogP contribution in [0.1, 0.15) is 42.5 Å². The van der Waals surface area contributed by atoms with Crippen molar-refractivity contribution in [1.82, 2.24) is 4.98 Å². The SMILES string of the molecule is COc1c(C)cnc(CC(CO)(CO)C2CCCC2)c1C. The lowest BCUT2D eigenvalue weighted by molar-refractivity contribution is 0.00481. The molecule has 2 rings (SSSR count). The van der Waals surface area contributed by atoms with E-state index in [2.05, 4.69) is 4.98 Å². The molecule has 1 saturated carbocycles. The number of ether oxygens (including phenoxy) is 1. The van der Waals surface area contributed by atoms with Gasteiger partial charge in [0.25, 0.3) is 0 Å². The number of aliphatic hydroxyl groups excluding tert-OH is 2. The smallest absolute Gasteiger partial charge is 0.128 e. The van der Waals surface area contributed by atoms with E-state index in [1.165, 1.54) is 12.8 Å². The molecule has 0 atom stereocenters. The molecule has 0 amide bonds. The Kier molecular flexibility index (Phi) is 5.22. The standard InChI is InChI=1S/C17H27NO3/c1-12-9-18-15(13(2)16(12)21-3)8-17(10-19,11-20)14-6-4-5-7-14/h9,14,19-20H,4-8,10-11H2,1-3H3. The third-order valence-corrected chi connectivity index (χ3v) is 5.12. The molecular formula is C17H27NO3. The fraction of sp³-hybridized carbons (Fsp3) is 0.706. The maximum atomic E-state index is 9.95. The van der Waals surface area contributed by atoms with Gasteiger partial charge in [0.05, 0.1) is 20.3 Å². The van der Waals surface area contributed by atoms with Gasteiger partial charge in [-0.2, -0.15) is 0 Å². The molecule has 4 heteroatoms. The minimum absolute atomic E-state index is 0.00544. The third kappa shape index (κ3) is 3.06. The zero-order valence-electron chi connectivity index (χ0n) is 13.4. The van der Waals surface area contributed by atoms with Crippen LogP contribution in [-0.4, -0.2) is 35.5 Å². The largest absolute Gasteiger partial charge is 0.496 e. The number of aromatic nitrogens is 1. The molecule has 0 radical (unpaired) electrons. The summed E-state index contributed by atoms with van der Waals surface area (Å²) in [5.41, 5.74) is 2.49. The average molecular weight is 293 g/mol. The van der Waals surface area contributed by atoms with Crippen LogP contribution in [0.2, 0.25) is 0 Å². The van der Waals surface area contributed by atoms with Crippen molar-refractivity contribution in [2.45, 2.75) is 46.0 Å². The van der Waals surface area contributed by atoms with Gasteiger partial charge in [-0.25, -0.2) is 0 Å². The summed E-state index contributed by atoms with van der Waals surface area (Å²) >= 11 is 0. The Labute approximate surface area is 127 Å². The number of rotatable bonds is 6. The van der Waals surface area contributed by atoms with Crippen LogP contribution in [0.5, 0.6) is 5.75 Å². The Morgan fingerprint density at radius 3 is 2.38 bits per heavy atom. The van der Waals surface area contributed by atoms with Gasteiger partial charge in [-0.1, -0.05) is 12.8 Å². The van der Waals surface area contributed by atoms with Gasteiger partial charge in [0.1, 0.15) is 5.75 Å². The number of aliphatic hydroxyl groups is 2. The van der Waals surface area contributed by atoms with E-state index in [4.69, 9.17) is 4.74 Å². The van der Waals surface area contributed by atoms with Gasteiger partial charge in [-0.3, -0.25) is 4.98 Å². The van der Waals surface area contributed by atoms with Crippen LogP contribution in [0.15, 0.2) is 6.20 Å². The lowest BCUT2D eigenvalue weighted by Gasteiger charge is -2.36. The number of nitrogens with zero attached hydrogens (tertiary/aromatic N) is 1. The molecule has 118 valence electrons. The van der Waals surface area contributed by atoms with E-state index in [1.54, 1.807) is 7.11 Å². The molecule has 1 aliphatic carbocycles. The lowest BCUT2D eigenvalue weighted by Crippen LogP contribution is -2.39. The van der Waals surface area contributed by atoms with E-state index in [0.29, 0.717) is 12.3 Å². The predicted octanol–water partition coefficient (Wildman–Crippen LogP) is 2.41. The highest BCUT2D eigenvalue weighted by Gasteiger charge is 2.40. The molecule has 0 bridgehead atoms. The van der Waals surface area contributed by atoms with E-state index in [1.807, 2.05) is 20.0 Å². The minimum atomic E-state index is -0.464. The summed E-state index contributed by atoms with van der Waals surface area (Å²) in [6.07, 6.45) is 6.97. The molecule has 4 nitrogen and oxygen atoms in total. The van der Waals surface area contributed by atoms with Crippen LogP contribution in [0.25, 0.3) is 0 Å². The van der Waals surface area contributed by atoms with E-state index in [0.717, 1.165) is 35.4 Å². The Hall–Kier alpha value is -1.13. The summed E-state index contributed by atoms with van der Waals surface area (Å²) < 4.78 is 5.46. The molecule has 1 aliphatic rings. The molecule has 1 aromatic heterocycles. The van der Waals surface area contributed by atoms with Crippen molar-refractivity contribution in [2.24, 2.45) is 11.3 Å². The Balaban J connectivity index is 2.33. The Morgan fingerprint density at radius 1 is 1.24 bits per heavy atom. The van der Waals surface area contributed by atoms with Gasteiger partial charge in [0.15, 0.2) is 0 Å². The van der Waals surface area contributed by atoms with E-state index in [9.17, 15) is 10.2 Å². The summed E-state index contributed by atoms with van der Waals surface area (Å²) in [6.45, 7) is 3.99. The van der Waals surface area contributed by atoms with Crippen molar-refractivity contribution in [3.63, 3.8) is 0 Å². The molecular weight excluding hydrogens is 266 g/mol. The van der Waals surface area contributed by atoms with Crippen molar-refractivity contribution in [1.29, 1.82) is 0 Å². The van der Waals surface area contributed by atoms with Gasteiger partial charge >= 0.3 is 0 Å². The van der Waals surface area contributed by atoms with Gasteiger partial charge in [0, 0.05) is 34.9 Å². The van der Waals surface area contributed by atoms with Gasteiger partial charge < -0.3 is 14.9 Å². The lowest BCUT2D eigenvalue weighted by atomic mass is 9.71. The summed E-state index contributed by atoms with van der Waals surface area (Å²) in [6, 6.07) is 0. The van der Waals surface area contributed by atoms with Crippen LogP contribution in [-0.2, 0) is 6.42 Å². The zero-order valence-corrected chi connectivity index (χ0v) is 13.4. The Bertz CT molecular complexity index is 477. The number of hydrogen-bond donors (Lipinski definition) is 2. The molecule has 2 N–H and O–H groups in total. The fourth-order valence-corrected chi connectivity index (χ4v) is 3.69. The number of methoxy groups -OCH3 is 1. The van der Waals surface area contributed by atoms with Crippen molar-refractivity contribution >= 4 is 0 Å². The first kappa shape index (κ1) is 16.2. The van der Waals surface area contributed by atoms with Crippen molar-refractivity contribution in [3.05, 3.63) is 23.0 Å². The van der Waals surface area contributed by atoms with Crippen molar-refractivity contribution < 1.29 is 14.9 Å². The molecule has 1 aromatic rings. The number of hydrogen-bond acceptors (Lipinski definition) is 4. The molecule has 1 fully saturated rings. The van der Waals surface area contributed by atoms with Crippen molar-refractivity contribution in [2.75, 3.05) is 20.3 Å². The monoisotopic (exact) mass is 293 g/mol. The summed E-state index contributed by atoms with van der Waals surface area (Å²) in [7, 11) is 1.67. The molecule has 0 aliphatic heterocycles. The number of aryl methyl sites for hydroxylation is 1. The van der Waals surface area contributed by atoms with Crippen LogP contribution >= 0.6 is 0 Å². The number of pyridine rings is 1. The summed E-state index contributed by atoms with van der Waals surface area (Å²) in [5, 5.41) is 19.9.